The molecule has 0 unspecified atom stereocenters. The zero-order valence-electron chi connectivity index (χ0n) is 13.5. The second-order valence-electron chi connectivity index (χ2n) is 5.44. The second-order valence-corrected chi connectivity index (χ2v) is 5.44. The molecular formula is C17H26N2O3. The summed E-state index contributed by atoms with van der Waals surface area (Å²) in [6, 6.07) is 8.19. The zero-order valence-corrected chi connectivity index (χ0v) is 13.5. The van der Waals surface area contributed by atoms with Crippen molar-refractivity contribution >= 4 is 6.03 Å². The molecule has 1 N–H and O–H groups in total. The lowest BCUT2D eigenvalue weighted by Crippen LogP contribution is -2.46. The van der Waals surface area contributed by atoms with Crippen molar-refractivity contribution in [2.75, 3.05) is 32.9 Å². The minimum Gasteiger partial charge on any atom is -0.492 e. The molecule has 2 amide bonds. The zero-order chi connectivity index (χ0) is 15.8. The third kappa shape index (κ3) is 4.91. The first-order valence-corrected chi connectivity index (χ1v) is 8.07. The van der Waals surface area contributed by atoms with Gasteiger partial charge in [0.1, 0.15) is 12.4 Å². The molecular weight excluding hydrogens is 280 g/mol. The average Bonchev–Trinajstić information content (AvgIpc) is 3.04. The molecule has 5 heteroatoms. The number of nitrogens with one attached hydrogen (secondary N) is 1. The molecule has 0 spiro atoms. The highest BCUT2D eigenvalue weighted by Crippen LogP contribution is 2.13. The van der Waals surface area contributed by atoms with Crippen molar-refractivity contribution in [3.63, 3.8) is 0 Å². The number of ether oxygens (including phenoxy) is 2. The van der Waals surface area contributed by atoms with Crippen LogP contribution in [0.25, 0.3) is 0 Å². The summed E-state index contributed by atoms with van der Waals surface area (Å²) in [7, 11) is 0. The summed E-state index contributed by atoms with van der Waals surface area (Å²) in [4.78, 5) is 13.9. The predicted octanol–water partition coefficient (Wildman–Crippen LogP) is 2.45. The minimum absolute atomic E-state index is 0.0380. The van der Waals surface area contributed by atoms with Gasteiger partial charge in [-0.1, -0.05) is 19.1 Å². The fourth-order valence-electron chi connectivity index (χ4n) is 2.45. The van der Waals surface area contributed by atoms with E-state index in [-0.39, 0.29) is 12.1 Å². The summed E-state index contributed by atoms with van der Waals surface area (Å²) >= 11 is 0. The van der Waals surface area contributed by atoms with Gasteiger partial charge in [0, 0.05) is 13.2 Å². The van der Waals surface area contributed by atoms with Gasteiger partial charge in [0.05, 0.1) is 19.2 Å². The van der Waals surface area contributed by atoms with Gasteiger partial charge in [-0.15, -0.1) is 0 Å². The Morgan fingerprint density at radius 1 is 1.45 bits per heavy atom. The van der Waals surface area contributed by atoms with Gasteiger partial charge in [0.25, 0.3) is 0 Å². The lowest BCUT2D eigenvalue weighted by molar-refractivity contribution is 0.172. The number of carbonyl (C=O) groups excluding carboxylic acids is 1. The van der Waals surface area contributed by atoms with Gasteiger partial charge in [0.2, 0.25) is 0 Å². The van der Waals surface area contributed by atoms with Crippen LogP contribution in [0.2, 0.25) is 0 Å². The van der Waals surface area contributed by atoms with E-state index in [1.165, 1.54) is 5.56 Å². The SMILES string of the molecule is CCc1cccc(OCCN(CC)C(=O)N[C@@H]2CCOC2)c1. The minimum atomic E-state index is -0.0380. The molecule has 22 heavy (non-hydrogen) atoms. The Morgan fingerprint density at radius 2 is 2.32 bits per heavy atom. The van der Waals surface area contributed by atoms with E-state index in [4.69, 9.17) is 9.47 Å². The number of hydrogen-bond acceptors (Lipinski definition) is 3. The highest BCUT2D eigenvalue weighted by molar-refractivity contribution is 5.74. The number of nitrogens with zero attached hydrogens (tertiary/aromatic N) is 1. The Hall–Kier alpha value is -1.75. The number of likely N-dealkylation sites (N-methyl/N-ethyl adjacent to an activating group) is 1. The normalized spacial score (nSPS) is 17.3. The maximum atomic E-state index is 12.2. The maximum Gasteiger partial charge on any atom is 0.317 e. The Kier molecular flexibility index (Phi) is 6.52. The Morgan fingerprint density at radius 3 is 3.00 bits per heavy atom. The van der Waals surface area contributed by atoms with E-state index in [1.54, 1.807) is 4.90 Å². The van der Waals surface area contributed by atoms with Crippen molar-refractivity contribution in [2.45, 2.75) is 32.7 Å². The number of aryl methyl sites for hydroxylation is 1. The predicted molar refractivity (Wildman–Crippen MR) is 86.3 cm³/mol. The number of hydrogen-bond donors (Lipinski definition) is 1. The van der Waals surface area contributed by atoms with E-state index in [9.17, 15) is 4.79 Å². The first-order chi connectivity index (χ1) is 10.7. The molecule has 1 fully saturated rings. The van der Waals surface area contributed by atoms with Crippen molar-refractivity contribution in [3.05, 3.63) is 29.8 Å². The molecule has 122 valence electrons. The first-order valence-electron chi connectivity index (χ1n) is 8.07. The molecule has 0 bridgehead atoms. The fraction of sp³-hybridized carbons (Fsp3) is 0.588. The summed E-state index contributed by atoms with van der Waals surface area (Å²) < 4.78 is 11.0. The molecule has 0 aliphatic carbocycles. The third-order valence-corrected chi connectivity index (χ3v) is 3.86. The van der Waals surface area contributed by atoms with E-state index in [2.05, 4.69) is 18.3 Å². The standard InChI is InChI=1S/C17H26N2O3/c1-3-14-6-5-7-16(12-14)22-11-9-19(4-2)17(20)18-15-8-10-21-13-15/h5-7,12,15H,3-4,8-11,13H2,1-2H3,(H,18,20)/t15-/m1/s1. The molecule has 2 rings (SSSR count). The molecule has 5 nitrogen and oxygen atoms in total. The van der Waals surface area contributed by atoms with Crippen LogP contribution in [0.15, 0.2) is 24.3 Å². The van der Waals surface area contributed by atoms with Crippen LogP contribution < -0.4 is 10.1 Å². The first kappa shape index (κ1) is 16.6. The number of amides is 2. The van der Waals surface area contributed by atoms with Crippen molar-refractivity contribution in [2.24, 2.45) is 0 Å². The Bertz CT molecular complexity index is 473. The monoisotopic (exact) mass is 306 g/mol. The molecule has 1 aromatic rings. The van der Waals surface area contributed by atoms with Gasteiger partial charge in [0.15, 0.2) is 0 Å². The summed E-state index contributed by atoms with van der Waals surface area (Å²) in [6.07, 6.45) is 1.88. The quantitative estimate of drug-likeness (QED) is 0.842. The number of rotatable bonds is 7. The highest BCUT2D eigenvalue weighted by atomic mass is 16.5. The van der Waals surface area contributed by atoms with Gasteiger partial charge in [-0.25, -0.2) is 4.79 Å². The van der Waals surface area contributed by atoms with E-state index in [0.29, 0.717) is 26.3 Å². The van der Waals surface area contributed by atoms with E-state index in [0.717, 1.165) is 25.2 Å². The summed E-state index contributed by atoms with van der Waals surface area (Å²) in [6.45, 7) is 7.18. The molecule has 1 aliphatic heterocycles. The molecule has 0 saturated carbocycles. The van der Waals surface area contributed by atoms with Crippen LogP contribution >= 0.6 is 0 Å². The summed E-state index contributed by atoms with van der Waals surface area (Å²) in [5, 5.41) is 3.00. The molecule has 1 atom stereocenters. The van der Waals surface area contributed by atoms with Crippen LogP contribution in [0.3, 0.4) is 0 Å². The molecule has 1 aliphatic rings. The van der Waals surface area contributed by atoms with Crippen molar-refractivity contribution in [1.82, 2.24) is 10.2 Å². The molecule has 1 heterocycles. The van der Waals surface area contributed by atoms with Gasteiger partial charge in [-0.3, -0.25) is 0 Å². The van der Waals surface area contributed by atoms with Gasteiger partial charge >= 0.3 is 6.03 Å². The maximum absolute atomic E-state index is 12.2. The second kappa shape index (κ2) is 8.63. The number of benzene rings is 1. The molecule has 1 saturated heterocycles. The largest absolute Gasteiger partial charge is 0.492 e. The van der Waals surface area contributed by atoms with Crippen LogP contribution in [0.1, 0.15) is 25.8 Å². The van der Waals surface area contributed by atoms with Crippen LogP contribution in [0, 0.1) is 0 Å². The number of carbonyl (C=O) groups is 1. The van der Waals surface area contributed by atoms with E-state index < -0.39 is 0 Å². The number of urea groups is 1. The Labute approximate surface area is 132 Å². The summed E-state index contributed by atoms with van der Waals surface area (Å²) in [5.41, 5.74) is 1.25. The van der Waals surface area contributed by atoms with E-state index in [1.807, 2.05) is 25.1 Å². The molecule has 1 aromatic carbocycles. The van der Waals surface area contributed by atoms with Crippen LogP contribution in [0.5, 0.6) is 5.75 Å². The topological polar surface area (TPSA) is 50.8 Å². The lowest BCUT2D eigenvalue weighted by atomic mass is 10.2. The average molecular weight is 306 g/mol. The highest BCUT2D eigenvalue weighted by Gasteiger charge is 2.20. The van der Waals surface area contributed by atoms with Gasteiger partial charge in [-0.2, -0.15) is 0 Å². The van der Waals surface area contributed by atoms with Crippen LogP contribution in [-0.4, -0.2) is 49.9 Å². The van der Waals surface area contributed by atoms with Crippen molar-refractivity contribution in [3.8, 4) is 5.75 Å². The fourth-order valence-corrected chi connectivity index (χ4v) is 2.45. The third-order valence-electron chi connectivity index (χ3n) is 3.86. The molecule has 0 aromatic heterocycles. The molecule has 0 radical (unpaired) electrons. The Balaban J connectivity index is 1.76. The van der Waals surface area contributed by atoms with E-state index >= 15 is 0 Å². The van der Waals surface area contributed by atoms with Crippen LogP contribution in [0.4, 0.5) is 4.79 Å². The van der Waals surface area contributed by atoms with Gasteiger partial charge < -0.3 is 19.7 Å². The van der Waals surface area contributed by atoms with Crippen LogP contribution in [-0.2, 0) is 11.2 Å². The van der Waals surface area contributed by atoms with Crippen molar-refractivity contribution in [1.29, 1.82) is 0 Å². The van der Waals surface area contributed by atoms with Gasteiger partial charge in [-0.05, 0) is 37.5 Å². The smallest absolute Gasteiger partial charge is 0.317 e. The van der Waals surface area contributed by atoms with Crippen molar-refractivity contribution < 1.29 is 14.3 Å². The lowest BCUT2D eigenvalue weighted by Gasteiger charge is -2.23. The summed E-state index contributed by atoms with van der Waals surface area (Å²) in [5.74, 6) is 0.861.